The van der Waals surface area contributed by atoms with E-state index < -0.39 is 0 Å². The number of thioether (sulfide) groups is 1. The fraction of sp³-hybridized carbons (Fsp3) is 0.647. The Bertz CT molecular complexity index is 461. The third-order valence-electron chi connectivity index (χ3n) is 3.41. The van der Waals surface area contributed by atoms with Gasteiger partial charge in [-0.15, -0.1) is 11.8 Å². The third-order valence-corrected chi connectivity index (χ3v) is 4.40. The molecule has 1 heterocycles. The number of nitriles is 1. The first-order valence-electron chi connectivity index (χ1n) is 7.73. The van der Waals surface area contributed by atoms with Gasteiger partial charge in [-0.2, -0.15) is 5.26 Å². The summed E-state index contributed by atoms with van der Waals surface area (Å²) in [6.07, 6.45) is 4.15. The largest absolute Gasteiger partial charge is 0.300 e. The lowest BCUT2D eigenvalue weighted by Crippen LogP contribution is -2.41. The van der Waals surface area contributed by atoms with E-state index >= 15 is 0 Å². The summed E-state index contributed by atoms with van der Waals surface area (Å²) in [7, 11) is 0. The molecule has 4 heteroatoms. The second-order valence-electron chi connectivity index (χ2n) is 5.80. The average Bonchev–Trinajstić information content (AvgIpc) is 2.44. The topological polar surface area (TPSA) is 48.7 Å². The number of unbranched alkanes of at least 4 members (excludes halogenated alkanes) is 1. The van der Waals surface area contributed by atoms with Crippen LogP contribution >= 0.6 is 11.8 Å². The Morgan fingerprint density at radius 1 is 1.33 bits per heavy atom. The molecule has 1 unspecified atom stereocenters. The van der Waals surface area contributed by atoms with Gasteiger partial charge in [0.2, 0.25) is 0 Å². The predicted octanol–water partition coefficient (Wildman–Crippen LogP) is 4.24. The summed E-state index contributed by atoms with van der Waals surface area (Å²) in [6.45, 7) is 9.18. The number of aryl methyl sites for hydroxylation is 2. The van der Waals surface area contributed by atoms with Gasteiger partial charge in [0, 0.05) is 5.69 Å². The zero-order valence-corrected chi connectivity index (χ0v) is 14.5. The van der Waals surface area contributed by atoms with Crippen LogP contribution in [0.4, 0.5) is 0 Å². The van der Waals surface area contributed by atoms with E-state index in [1.165, 1.54) is 5.56 Å². The van der Waals surface area contributed by atoms with Crippen LogP contribution in [0.5, 0.6) is 0 Å². The van der Waals surface area contributed by atoms with E-state index in [9.17, 15) is 5.26 Å². The molecule has 0 aliphatic carbocycles. The second-order valence-corrected chi connectivity index (χ2v) is 6.92. The van der Waals surface area contributed by atoms with E-state index in [0.29, 0.717) is 0 Å². The van der Waals surface area contributed by atoms with Gasteiger partial charge in [0.1, 0.15) is 5.54 Å². The van der Waals surface area contributed by atoms with Gasteiger partial charge in [-0.3, -0.25) is 5.32 Å². The summed E-state index contributed by atoms with van der Waals surface area (Å²) in [5.74, 6) is 1.06. The molecule has 1 atom stereocenters. The van der Waals surface area contributed by atoms with Crippen LogP contribution in [-0.4, -0.2) is 22.8 Å². The van der Waals surface area contributed by atoms with Gasteiger partial charge in [0.15, 0.2) is 0 Å². The lowest BCUT2D eigenvalue weighted by molar-refractivity contribution is 0.406. The van der Waals surface area contributed by atoms with Crippen LogP contribution in [0.15, 0.2) is 17.2 Å². The molecule has 0 spiro atoms. The molecule has 0 radical (unpaired) electrons. The first-order valence-corrected chi connectivity index (χ1v) is 8.72. The molecule has 116 valence electrons. The Hall–Kier alpha value is -1.05. The minimum atomic E-state index is -0.376. The summed E-state index contributed by atoms with van der Waals surface area (Å²) in [5.41, 5.74) is 1.97. The summed E-state index contributed by atoms with van der Waals surface area (Å²) in [6, 6.07) is 6.64. The van der Waals surface area contributed by atoms with Crippen LogP contribution in [-0.2, 0) is 0 Å². The van der Waals surface area contributed by atoms with E-state index in [2.05, 4.69) is 42.4 Å². The van der Waals surface area contributed by atoms with Crippen molar-refractivity contribution in [2.75, 3.05) is 12.3 Å². The molecular weight excluding hydrogens is 278 g/mol. The van der Waals surface area contributed by atoms with Crippen molar-refractivity contribution in [3.8, 4) is 6.07 Å². The molecule has 0 aliphatic heterocycles. The second kappa shape index (κ2) is 9.07. The number of hydrogen-bond acceptors (Lipinski definition) is 4. The molecule has 0 bridgehead atoms. The first-order chi connectivity index (χ1) is 9.99. The summed E-state index contributed by atoms with van der Waals surface area (Å²) >= 11 is 1.81. The number of rotatable bonds is 9. The third kappa shape index (κ3) is 6.97. The summed E-state index contributed by atoms with van der Waals surface area (Å²) < 4.78 is 0. The van der Waals surface area contributed by atoms with Crippen LogP contribution < -0.4 is 5.32 Å². The van der Waals surface area contributed by atoms with Crippen molar-refractivity contribution in [2.24, 2.45) is 0 Å². The number of nitrogens with zero attached hydrogens (tertiary/aromatic N) is 2. The maximum absolute atomic E-state index is 9.28. The quantitative estimate of drug-likeness (QED) is 0.547. The molecule has 0 aliphatic rings. The molecule has 3 nitrogen and oxygen atoms in total. The standard InChI is InChI=1S/C17H27N3S/c1-5-9-19-17(4,13-18)8-6-7-10-21-16-12-14(2)11-15(3)20-16/h11-12,19H,5-10H2,1-4H3. The number of nitrogens with one attached hydrogen (secondary N) is 1. The van der Waals surface area contributed by atoms with Crippen molar-refractivity contribution in [1.29, 1.82) is 5.26 Å². The molecule has 1 N–H and O–H groups in total. The van der Waals surface area contributed by atoms with Gasteiger partial charge in [-0.05, 0) is 76.4 Å². The van der Waals surface area contributed by atoms with Gasteiger partial charge in [0.25, 0.3) is 0 Å². The van der Waals surface area contributed by atoms with Gasteiger partial charge in [0.05, 0.1) is 11.1 Å². The van der Waals surface area contributed by atoms with Crippen LogP contribution in [0, 0.1) is 25.2 Å². The average molecular weight is 305 g/mol. The Morgan fingerprint density at radius 2 is 2.10 bits per heavy atom. The van der Waals surface area contributed by atoms with Crippen molar-refractivity contribution in [3.63, 3.8) is 0 Å². The van der Waals surface area contributed by atoms with E-state index in [-0.39, 0.29) is 5.54 Å². The molecule has 21 heavy (non-hydrogen) atoms. The molecule has 1 rings (SSSR count). The fourth-order valence-electron chi connectivity index (χ4n) is 2.22. The molecule has 0 fully saturated rings. The van der Waals surface area contributed by atoms with Gasteiger partial charge < -0.3 is 0 Å². The Labute approximate surface area is 133 Å². The summed E-state index contributed by atoms with van der Waals surface area (Å²) in [5, 5.41) is 13.7. The molecule has 1 aromatic rings. The fourth-order valence-corrected chi connectivity index (χ4v) is 3.26. The normalized spacial score (nSPS) is 13.7. The van der Waals surface area contributed by atoms with Crippen molar-refractivity contribution >= 4 is 11.8 Å². The van der Waals surface area contributed by atoms with Gasteiger partial charge in [-0.25, -0.2) is 4.98 Å². The summed E-state index contributed by atoms with van der Waals surface area (Å²) in [4.78, 5) is 4.54. The highest BCUT2D eigenvalue weighted by Gasteiger charge is 2.21. The maximum atomic E-state index is 9.28. The Kier molecular flexibility index (Phi) is 7.77. The Balaban J connectivity index is 2.29. The van der Waals surface area contributed by atoms with Crippen molar-refractivity contribution in [1.82, 2.24) is 10.3 Å². The zero-order valence-electron chi connectivity index (χ0n) is 13.7. The molecule has 0 amide bonds. The van der Waals surface area contributed by atoms with Crippen molar-refractivity contribution in [2.45, 2.75) is 63.9 Å². The lowest BCUT2D eigenvalue weighted by Gasteiger charge is -2.22. The van der Waals surface area contributed by atoms with Crippen LogP contribution in [0.3, 0.4) is 0 Å². The number of aromatic nitrogens is 1. The highest BCUT2D eigenvalue weighted by Crippen LogP contribution is 2.21. The van der Waals surface area contributed by atoms with Crippen LogP contribution in [0.25, 0.3) is 0 Å². The molecule has 0 aromatic carbocycles. The van der Waals surface area contributed by atoms with Crippen molar-refractivity contribution < 1.29 is 0 Å². The first kappa shape index (κ1) is 18.0. The Morgan fingerprint density at radius 3 is 2.71 bits per heavy atom. The number of hydrogen-bond donors (Lipinski definition) is 1. The van der Waals surface area contributed by atoms with E-state index in [0.717, 1.165) is 48.7 Å². The minimum absolute atomic E-state index is 0.376. The molecule has 0 saturated carbocycles. The van der Waals surface area contributed by atoms with Gasteiger partial charge >= 0.3 is 0 Å². The smallest absolute Gasteiger partial charge is 0.103 e. The molecular formula is C17H27N3S. The SMILES string of the molecule is CCCNC(C)(C#N)CCCCSc1cc(C)cc(C)n1. The minimum Gasteiger partial charge on any atom is -0.300 e. The molecule has 1 aromatic heterocycles. The van der Waals surface area contributed by atoms with E-state index in [1.807, 2.05) is 25.6 Å². The van der Waals surface area contributed by atoms with E-state index in [1.54, 1.807) is 0 Å². The lowest BCUT2D eigenvalue weighted by atomic mass is 9.96. The predicted molar refractivity (Wildman–Crippen MR) is 90.6 cm³/mol. The zero-order chi connectivity index (χ0) is 15.7. The van der Waals surface area contributed by atoms with E-state index in [4.69, 9.17) is 0 Å². The maximum Gasteiger partial charge on any atom is 0.103 e. The van der Waals surface area contributed by atoms with Gasteiger partial charge in [-0.1, -0.05) is 6.92 Å². The van der Waals surface area contributed by atoms with Crippen LogP contribution in [0.1, 0.15) is 50.8 Å². The highest BCUT2D eigenvalue weighted by molar-refractivity contribution is 7.99. The molecule has 0 saturated heterocycles. The highest BCUT2D eigenvalue weighted by atomic mass is 32.2. The van der Waals surface area contributed by atoms with Crippen LogP contribution in [0.2, 0.25) is 0 Å². The number of pyridine rings is 1. The van der Waals surface area contributed by atoms with Crippen molar-refractivity contribution in [3.05, 3.63) is 23.4 Å². The monoisotopic (exact) mass is 305 g/mol.